The lowest BCUT2D eigenvalue weighted by molar-refractivity contribution is -0.120. The molecular weight excluding hydrogens is 575 g/mol. The average molecular weight is 604 g/mol. The first-order valence-corrected chi connectivity index (χ1v) is 13.9. The number of rotatable bonds is 4. The Hall–Kier alpha value is -2.08. The van der Waals surface area contributed by atoms with E-state index >= 15 is 0 Å². The summed E-state index contributed by atoms with van der Waals surface area (Å²) >= 11 is 16.0. The predicted molar refractivity (Wildman–Crippen MR) is 149 cm³/mol. The molecule has 194 valence electrons. The van der Waals surface area contributed by atoms with Gasteiger partial charge in [-0.2, -0.15) is 0 Å². The van der Waals surface area contributed by atoms with Gasteiger partial charge in [0.25, 0.3) is 0 Å². The quantitative estimate of drug-likeness (QED) is 0.350. The zero-order chi connectivity index (χ0) is 26.7. The smallest absolute Gasteiger partial charge is 0.163 e. The van der Waals surface area contributed by atoms with E-state index in [0.29, 0.717) is 64.1 Å². The number of benzene rings is 2. The molecule has 0 radical (unpaired) electrons. The Kier molecular flexibility index (Phi) is 6.87. The van der Waals surface area contributed by atoms with E-state index in [2.05, 4.69) is 43.6 Å². The molecule has 4 nitrogen and oxygen atoms in total. The Morgan fingerprint density at radius 3 is 2.05 bits per heavy atom. The monoisotopic (exact) mass is 602 g/mol. The van der Waals surface area contributed by atoms with E-state index in [9.17, 15) is 9.59 Å². The van der Waals surface area contributed by atoms with Crippen LogP contribution in [0.25, 0.3) is 0 Å². The maximum absolute atomic E-state index is 13.6. The van der Waals surface area contributed by atoms with Crippen LogP contribution in [-0.2, 0) is 20.9 Å². The Morgan fingerprint density at radius 2 is 1.49 bits per heavy atom. The minimum atomic E-state index is -0.542. The number of allylic oxidation sites excluding steroid dienone is 4. The highest BCUT2D eigenvalue weighted by Crippen LogP contribution is 2.54. The van der Waals surface area contributed by atoms with Gasteiger partial charge in [-0.15, -0.1) is 0 Å². The average Bonchev–Trinajstić information content (AvgIpc) is 2.76. The van der Waals surface area contributed by atoms with Crippen molar-refractivity contribution in [3.8, 4) is 5.75 Å². The second kappa shape index (κ2) is 9.59. The van der Waals surface area contributed by atoms with Gasteiger partial charge in [0.1, 0.15) is 23.9 Å². The molecule has 0 saturated heterocycles. The summed E-state index contributed by atoms with van der Waals surface area (Å²) in [4.78, 5) is 27.3. The van der Waals surface area contributed by atoms with Crippen LogP contribution in [0.5, 0.6) is 5.75 Å². The number of Topliss-reactive ketones (excluding diaryl/α,β-unsaturated/α-hetero) is 2. The van der Waals surface area contributed by atoms with E-state index in [4.69, 9.17) is 32.7 Å². The van der Waals surface area contributed by atoms with Gasteiger partial charge in [0.2, 0.25) is 0 Å². The zero-order valence-corrected chi connectivity index (χ0v) is 24.4. The molecule has 2 aromatic carbocycles. The summed E-state index contributed by atoms with van der Waals surface area (Å²) in [5.74, 6) is 1.46. The summed E-state index contributed by atoms with van der Waals surface area (Å²) in [6, 6.07) is 11.0. The van der Waals surface area contributed by atoms with Crippen LogP contribution in [0.1, 0.15) is 70.4 Å². The highest BCUT2D eigenvalue weighted by molar-refractivity contribution is 9.10. The third kappa shape index (κ3) is 5.28. The third-order valence-corrected chi connectivity index (χ3v) is 8.34. The lowest BCUT2D eigenvalue weighted by Gasteiger charge is -2.43. The van der Waals surface area contributed by atoms with Crippen LogP contribution >= 0.6 is 39.1 Å². The maximum Gasteiger partial charge on any atom is 0.163 e. The lowest BCUT2D eigenvalue weighted by Crippen LogP contribution is -2.37. The van der Waals surface area contributed by atoms with Crippen molar-refractivity contribution >= 4 is 50.7 Å². The minimum absolute atomic E-state index is 0.0205. The molecule has 7 heteroatoms. The molecule has 3 aliphatic rings. The number of carbonyl (C=O) groups excluding carboxylic acids is 2. The van der Waals surface area contributed by atoms with Crippen molar-refractivity contribution in [1.82, 2.24) is 0 Å². The molecule has 0 atom stereocenters. The maximum atomic E-state index is 13.6. The number of ketones is 2. The Balaban J connectivity index is 1.64. The molecular formula is C30H29BrCl2O4. The molecule has 2 aromatic rings. The first-order chi connectivity index (χ1) is 17.3. The SMILES string of the molecule is CC1(C)CC(=O)C2=C(C1)OC1=C(C(=O)CC(C)(C)C1)C2c1cc(Br)ccc1OCc1ccc(Cl)cc1Cl. The van der Waals surface area contributed by atoms with Gasteiger partial charge < -0.3 is 9.47 Å². The molecule has 0 amide bonds. The van der Waals surface area contributed by atoms with Gasteiger partial charge in [-0.3, -0.25) is 9.59 Å². The number of carbonyl (C=O) groups is 2. The number of ether oxygens (including phenoxy) is 2. The Bertz CT molecular complexity index is 1330. The largest absolute Gasteiger partial charge is 0.489 e. The van der Waals surface area contributed by atoms with Crippen LogP contribution in [0.3, 0.4) is 0 Å². The van der Waals surface area contributed by atoms with Crippen molar-refractivity contribution in [2.75, 3.05) is 0 Å². The summed E-state index contributed by atoms with van der Waals surface area (Å²) in [6.45, 7) is 8.53. The summed E-state index contributed by atoms with van der Waals surface area (Å²) < 4.78 is 13.6. The molecule has 0 aromatic heterocycles. The molecule has 1 heterocycles. The van der Waals surface area contributed by atoms with E-state index in [-0.39, 0.29) is 29.0 Å². The molecule has 0 saturated carbocycles. The minimum Gasteiger partial charge on any atom is -0.489 e. The number of halogens is 3. The molecule has 0 N–H and O–H groups in total. The van der Waals surface area contributed by atoms with Gasteiger partial charge in [-0.1, -0.05) is 72.9 Å². The molecule has 0 unspecified atom stereocenters. The Labute approximate surface area is 236 Å². The first-order valence-electron chi connectivity index (χ1n) is 12.4. The predicted octanol–water partition coefficient (Wildman–Crippen LogP) is 8.74. The van der Waals surface area contributed by atoms with Crippen LogP contribution < -0.4 is 4.74 Å². The van der Waals surface area contributed by atoms with Gasteiger partial charge in [0, 0.05) is 62.5 Å². The van der Waals surface area contributed by atoms with Gasteiger partial charge in [0.15, 0.2) is 11.6 Å². The van der Waals surface area contributed by atoms with Crippen molar-refractivity contribution in [1.29, 1.82) is 0 Å². The molecule has 0 fully saturated rings. The van der Waals surface area contributed by atoms with Crippen LogP contribution in [0.4, 0.5) is 0 Å². The summed E-state index contributed by atoms with van der Waals surface area (Å²) in [5.41, 5.74) is 2.29. The summed E-state index contributed by atoms with van der Waals surface area (Å²) in [5, 5.41) is 1.07. The van der Waals surface area contributed by atoms with E-state index in [1.165, 1.54) is 0 Å². The normalized spacial score (nSPS) is 20.9. The van der Waals surface area contributed by atoms with Crippen molar-refractivity contribution in [2.24, 2.45) is 10.8 Å². The van der Waals surface area contributed by atoms with E-state index in [0.717, 1.165) is 15.6 Å². The fraction of sp³-hybridized carbons (Fsp3) is 0.400. The lowest BCUT2D eigenvalue weighted by atomic mass is 9.65. The van der Waals surface area contributed by atoms with Crippen molar-refractivity contribution < 1.29 is 19.1 Å². The van der Waals surface area contributed by atoms with Crippen molar-refractivity contribution in [2.45, 2.75) is 65.9 Å². The fourth-order valence-electron chi connectivity index (χ4n) is 5.66. The summed E-state index contributed by atoms with van der Waals surface area (Å²) in [6.07, 6.45) is 2.08. The molecule has 5 rings (SSSR count). The highest BCUT2D eigenvalue weighted by Gasteiger charge is 2.48. The van der Waals surface area contributed by atoms with Crippen LogP contribution in [0, 0.1) is 10.8 Å². The summed E-state index contributed by atoms with van der Waals surface area (Å²) in [7, 11) is 0. The van der Waals surface area contributed by atoms with Gasteiger partial charge in [-0.05, 0) is 41.2 Å². The molecule has 0 spiro atoms. The van der Waals surface area contributed by atoms with Gasteiger partial charge in [0.05, 0.1) is 5.92 Å². The van der Waals surface area contributed by atoms with Crippen molar-refractivity contribution in [3.05, 3.63) is 84.7 Å². The Morgan fingerprint density at radius 1 is 0.892 bits per heavy atom. The van der Waals surface area contributed by atoms with Gasteiger partial charge >= 0.3 is 0 Å². The highest BCUT2D eigenvalue weighted by atomic mass is 79.9. The second-order valence-electron chi connectivity index (χ2n) is 11.8. The standard InChI is InChI=1S/C30H29BrCl2O4/c1-29(2)11-21(34)27-24(13-29)37-25-14-30(3,4)12-22(35)28(25)26(27)19-9-17(31)6-8-23(19)36-15-16-5-7-18(32)10-20(16)33/h5-10,26H,11-15H2,1-4H3. The fourth-order valence-corrected chi connectivity index (χ4v) is 6.50. The molecule has 0 bridgehead atoms. The van der Waals surface area contributed by atoms with Crippen LogP contribution in [0.15, 0.2) is 63.5 Å². The number of hydrogen-bond donors (Lipinski definition) is 0. The second-order valence-corrected chi connectivity index (χ2v) is 13.6. The zero-order valence-electron chi connectivity index (χ0n) is 21.3. The van der Waals surface area contributed by atoms with Crippen LogP contribution in [0.2, 0.25) is 10.0 Å². The van der Waals surface area contributed by atoms with E-state index in [1.807, 2.05) is 24.3 Å². The molecule has 2 aliphatic carbocycles. The third-order valence-electron chi connectivity index (χ3n) is 7.26. The van der Waals surface area contributed by atoms with Gasteiger partial charge in [-0.25, -0.2) is 0 Å². The molecule has 37 heavy (non-hydrogen) atoms. The van der Waals surface area contributed by atoms with E-state index in [1.54, 1.807) is 12.1 Å². The number of hydrogen-bond acceptors (Lipinski definition) is 4. The molecule has 1 aliphatic heterocycles. The van der Waals surface area contributed by atoms with Crippen LogP contribution in [-0.4, -0.2) is 11.6 Å². The van der Waals surface area contributed by atoms with E-state index < -0.39 is 5.92 Å². The first kappa shape index (κ1) is 26.5. The van der Waals surface area contributed by atoms with Crippen molar-refractivity contribution in [3.63, 3.8) is 0 Å². The topological polar surface area (TPSA) is 52.6 Å².